The van der Waals surface area contributed by atoms with Crippen molar-refractivity contribution in [3.63, 3.8) is 0 Å². The molecule has 0 aromatic rings. The Morgan fingerprint density at radius 2 is 1.45 bits per heavy atom. The van der Waals surface area contributed by atoms with Crippen molar-refractivity contribution < 1.29 is 22.9 Å². The van der Waals surface area contributed by atoms with E-state index in [2.05, 4.69) is 36.5 Å². The Bertz CT molecular complexity index is 239. The van der Waals surface area contributed by atoms with Crippen LogP contribution in [-0.2, 0) is 22.9 Å². The predicted molar refractivity (Wildman–Crippen MR) is 43.7 cm³/mol. The molecule has 0 saturated carbocycles. The molecule has 0 N–H and O–H groups in total. The van der Waals surface area contributed by atoms with Crippen molar-refractivity contribution in [1.29, 1.82) is 0 Å². The van der Waals surface area contributed by atoms with E-state index in [1.54, 1.807) is 6.66 Å². The van der Waals surface area contributed by atoms with Gasteiger partial charge in [-0.3, -0.25) is 0 Å². The Morgan fingerprint density at radius 3 is 1.82 bits per heavy atom. The summed E-state index contributed by atoms with van der Waals surface area (Å²) in [6.07, 6.45) is 16.1. The molecule has 2 aliphatic rings. The molecule has 0 heterocycles. The fraction of sp³-hybridized carbons (Fsp3) is 0.200. The average Bonchev–Trinajstić information content (AvgIpc) is 2.60. The van der Waals surface area contributed by atoms with E-state index in [0.717, 1.165) is 0 Å². The van der Waals surface area contributed by atoms with Crippen molar-refractivity contribution in [1.82, 2.24) is 0 Å². The SMILES string of the molecule is C1=CC[C]([Hf][C]2=CC=CC2)=C1. The van der Waals surface area contributed by atoms with E-state index in [-0.39, 0.29) is 0 Å². The van der Waals surface area contributed by atoms with Crippen LogP contribution in [0.4, 0.5) is 0 Å². The van der Waals surface area contributed by atoms with Gasteiger partial charge >= 0.3 is 78.9 Å². The molecule has 0 saturated heterocycles. The summed E-state index contributed by atoms with van der Waals surface area (Å²) in [5.74, 6) is 0. The van der Waals surface area contributed by atoms with Gasteiger partial charge in [0.05, 0.1) is 0 Å². The zero-order chi connectivity index (χ0) is 7.52. The molecular formula is C10H10Hf. The van der Waals surface area contributed by atoms with Crippen LogP contribution in [0, 0.1) is 0 Å². The zero-order valence-electron chi connectivity index (χ0n) is 6.38. The third-order valence-electron chi connectivity index (χ3n) is 1.86. The van der Waals surface area contributed by atoms with Crippen molar-refractivity contribution in [2.45, 2.75) is 12.8 Å². The minimum absolute atomic E-state index is 0.526. The van der Waals surface area contributed by atoms with E-state index in [0.29, 0.717) is 0 Å². The van der Waals surface area contributed by atoms with E-state index >= 15 is 0 Å². The van der Waals surface area contributed by atoms with Gasteiger partial charge in [-0.05, 0) is 0 Å². The quantitative estimate of drug-likeness (QED) is 0.688. The van der Waals surface area contributed by atoms with E-state index in [4.69, 9.17) is 0 Å². The van der Waals surface area contributed by atoms with Crippen molar-refractivity contribution in [3.05, 3.63) is 43.1 Å². The summed E-state index contributed by atoms with van der Waals surface area (Å²) >= 11 is -0.526. The molecular weight excluding hydrogens is 299 g/mol. The molecule has 11 heavy (non-hydrogen) atoms. The molecule has 0 bridgehead atoms. The number of hydrogen-bond donors (Lipinski definition) is 0. The number of hydrogen-bond acceptors (Lipinski definition) is 0. The third kappa shape index (κ3) is 1.90. The van der Waals surface area contributed by atoms with Crippen LogP contribution >= 0.6 is 0 Å². The summed E-state index contributed by atoms with van der Waals surface area (Å²) in [6, 6.07) is 0. The molecule has 2 rings (SSSR count). The zero-order valence-corrected chi connectivity index (χ0v) is 9.97. The second-order valence-electron chi connectivity index (χ2n) is 2.77. The van der Waals surface area contributed by atoms with E-state index in [9.17, 15) is 0 Å². The first-order valence-corrected chi connectivity index (χ1v) is 7.53. The van der Waals surface area contributed by atoms with Gasteiger partial charge in [0.25, 0.3) is 0 Å². The van der Waals surface area contributed by atoms with Gasteiger partial charge in [0.1, 0.15) is 0 Å². The molecule has 0 fully saturated rings. The van der Waals surface area contributed by atoms with Crippen molar-refractivity contribution in [2.24, 2.45) is 0 Å². The van der Waals surface area contributed by atoms with Crippen molar-refractivity contribution in [3.8, 4) is 0 Å². The first kappa shape index (κ1) is 7.48. The van der Waals surface area contributed by atoms with Gasteiger partial charge in [-0.1, -0.05) is 0 Å². The van der Waals surface area contributed by atoms with E-state index in [1.165, 1.54) is 12.8 Å². The topological polar surface area (TPSA) is 0 Å². The van der Waals surface area contributed by atoms with Gasteiger partial charge in [-0.25, -0.2) is 0 Å². The Hall–Kier alpha value is -0.170. The van der Waals surface area contributed by atoms with Gasteiger partial charge in [0.2, 0.25) is 0 Å². The fourth-order valence-corrected chi connectivity index (χ4v) is 5.64. The molecule has 0 aromatic carbocycles. The Morgan fingerprint density at radius 1 is 0.909 bits per heavy atom. The van der Waals surface area contributed by atoms with Gasteiger partial charge in [0.15, 0.2) is 0 Å². The Balaban J connectivity index is 1.91. The molecule has 0 atom stereocenters. The van der Waals surface area contributed by atoms with Gasteiger partial charge < -0.3 is 0 Å². The molecule has 0 amide bonds. The van der Waals surface area contributed by atoms with Gasteiger partial charge in [-0.2, -0.15) is 0 Å². The first-order chi connectivity index (χ1) is 5.45. The van der Waals surface area contributed by atoms with Crippen LogP contribution in [0.3, 0.4) is 0 Å². The summed E-state index contributed by atoms with van der Waals surface area (Å²) in [5, 5.41) is 0. The fourth-order valence-electron chi connectivity index (χ4n) is 1.29. The molecule has 0 aromatic heterocycles. The van der Waals surface area contributed by atoms with E-state index < -0.39 is 22.9 Å². The molecule has 54 valence electrons. The molecule has 0 aliphatic heterocycles. The van der Waals surface area contributed by atoms with Crippen molar-refractivity contribution in [2.75, 3.05) is 0 Å². The summed E-state index contributed by atoms with van der Waals surface area (Å²) < 4.78 is 3.50. The van der Waals surface area contributed by atoms with Gasteiger partial charge in [0, 0.05) is 0 Å². The summed E-state index contributed by atoms with van der Waals surface area (Å²) in [7, 11) is 0. The van der Waals surface area contributed by atoms with Crippen LogP contribution in [0.2, 0.25) is 0 Å². The van der Waals surface area contributed by atoms with Crippen LogP contribution in [0.25, 0.3) is 0 Å². The number of allylic oxidation sites excluding steroid dienone is 8. The maximum atomic E-state index is 2.32. The molecule has 2 aliphatic carbocycles. The second kappa shape index (κ2) is 3.49. The average molecular weight is 309 g/mol. The van der Waals surface area contributed by atoms with Crippen LogP contribution in [0.5, 0.6) is 0 Å². The summed E-state index contributed by atoms with van der Waals surface area (Å²) in [6.45, 7) is 0. The van der Waals surface area contributed by atoms with Crippen molar-refractivity contribution >= 4 is 0 Å². The second-order valence-corrected chi connectivity index (χ2v) is 8.29. The first-order valence-electron chi connectivity index (χ1n) is 3.93. The van der Waals surface area contributed by atoms with Crippen LogP contribution < -0.4 is 0 Å². The summed E-state index contributed by atoms with van der Waals surface area (Å²) in [5.41, 5.74) is 0. The molecule has 0 radical (unpaired) electrons. The monoisotopic (exact) mass is 310 g/mol. The van der Waals surface area contributed by atoms with Crippen LogP contribution in [0.15, 0.2) is 43.1 Å². The predicted octanol–water partition coefficient (Wildman–Crippen LogP) is 2.76. The Labute approximate surface area is 78.7 Å². The molecule has 1 heteroatoms. The summed E-state index contributed by atoms with van der Waals surface area (Å²) in [4.78, 5) is 0. The normalized spacial score (nSPS) is 20.4. The Kier molecular flexibility index (Phi) is 2.37. The minimum atomic E-state index is -0.526. The maximum absolute atomic E-state index is 2.32. The standard InChI is InChI=1S/2C5H5.Hf/c2*1-2-4-5-3-1;/h2*1-3H,4H2;. The molecule has 0 spiro atoms. The van der Waals surface area contributed by atoms with E-state index in [1.807, 2.05) is 0 Å². The molecule has 0 unspecified atom stereocenters. The van der Waals surface area contributed by atoms with Crippen LogP contribution in [-0.4, -0.2) is 0 Å². The third-order valence-corrected chi connectivity index (χ3v) is 6.84. The van der Waals surface area contributed by atoms with Crippen LogP contribution in [0.1, 0.15) is 12.8 Å². The molecule has 0 nitrogen and oxygen atoms in total. The van der Waals surface area contributed by atoms with Gasteiger partial charge in [-0.15, -0.1) is 0 Å². The number of rotatable bonds is 2.